The molecule has 4 heteroatoms. The Balaban J connectivity index is 2.50. The van der Waals surface area contributed by atoms with Gasteiger partial charge in [0.1, 0.15) is 6.07 Å². The molecule has 0 spiro atoms. The van der Waals surface area contributed by atoms with Gasteiger partial charge in [0, 0.05) is 19.3 Å². The number of likely N-dealkylation sites (N-methyl/N-ethyl adjacent to an activating group) is 1. The molecule has 2 rings (SSSR count). The third-order valence-electron chi connectivity index (χ3n) is 2.48. The highest BCUT2D eigenvalue weighted by Crippen LogP contribution is 2.26. The van der Waals surface area contributed by atoms with Gasteiger partial charge in [0.2, 0.25) is 0 Å². The van der Waals surface area contributed by atoms with Crippen LogP contribution in [-0.2, 0) is 13.0 Å². The molecular weight excluding hydrogens is 198 g/mol. The molecule has 2 heterocycles. The summed E-state index contributed by atoms with van der Waals surface area (Å²) in [5.41, 5.74) is 2.53. The molecule has 1 aliphatic rings. The Morgan fingerprint density at radius 2 is 2.43 bits per heavy atom. The molecule has 1 aromatic heterocycles. The van der Waals surface area contributed by atoms with Gasteiger partial charge in [0.05, 0.1) is 16.3 Å². The second kappa shape index (κ2) is 3.56. The third kappa shape index (κ3) is 1.47. The lowest BCUT2D eigenvalue weighted by Crippen LogP contribution is -2.27. The monoisotopic (exact) mass is 207 g/mol. The van der Waals surface area contributed by atoms with E-state index in [0.717, 1.165) is 30.8 Å². The first kappa shape index (κ1) is 9.45. The molecule has 1 aromatic rings. The van der Waals surface area contributed by atoms with E-state index in [4.69, 9.17) is 16.9 Å². The fraction of sp³-hybridized carbons (Fsp3) is 0.400. The lowest BCUT2D eigenvalue weighted by atomic mass is 10.0. The normalized spacial score (nSPS) is 16.1. The third-order valence-corrected chi connectivity index (χ3v) is 2.91. The van der Waals surface area contributed by atoms with Crippen LogP contribution >= 0.6 is 11.6 Å². The minimum Gasteiger partial charge on any atom is -0.300 e. The summed E-state index contributed by atoms with van der Waals surface area (Å²) < 4.78 is 0. The summed E-state index contributed by atoms with van der Waals surface area (Å²) in [6.45, 7) is 1.80. The van der Waals surface area contributed by atoms with Crippen molar-refractivity contribution in [1.29, 1.82) is 5.26 Å². The zero-order valence-electron chi connectivity index (χ0n) is 7.92. The molecule has 0 radical (unpaired) electrons. The number of aromatic nitrogens is 1. The Morgan fingerprint density at radius 3 is 3.14 bits per heavy atom. The Hall–Kier alpha value is -1.11. The van der Waals surface area contributed by atoms with Crippen molar-refractivity contribution in [1.82, 2.24) is 9.88 Å². The molecule has 72 valence electrons. The van der Waals surface area contributed by atoms with Crippen LogP contribution in [0.15, 0.2) is 6.20 Å². The number of nitriles is 1. The number of fused-ring (bicyclic) bond motifs is 1. The van der Waals surface area contributed by atoms with Crippen LogP contribution in [0.4, 0.5) is 0 Å². The van der Waals surface area contributed by atoms with E-state index in [-0.39, 0.29) is 0 Å². The van der Waals surface area contributed by atoms with E-state index in [0.29, 0.717) is 10.6 Å². The number of hydrogen-bond donors (Lipinski definition) is 0. The van der Waals surface area contributed by atoms with Crippen molar-refractivity contribution < 1.29 is 0 Å². The Bertz CT molecular complexity index is 409. The highest BCUT2D eigenvalue weighted by Gasteiger charge is 2.18. The predicted octanol–water partition coefficient (Wildman–Crippen LogP) is 1.59. The Kier molecular flexibility index (Phi) is 2.40. The maximum Gasteiger partial charge on any atom is 0.102 e. The number of halogens is 1. The smallest absolute Gasteiger partial charge is 0.102 e. The molecule has 0 saturated carbocycles. The Labute approximate surface area is 87.9 Å². The molecule has 0 N–H and O–H groups in total. The number of pyridine rings is 1. The van der Waals surface area contributed by atoms with Gasteiger partial charge in [-0.1, -0.05) is 11.6 Å². The van der Waals surface area contributed by atoms with Crippen molar-refractivity contribution >= 4 is 11.6 Å². The fourth-order valence-electron chi connectivity index (χ4n) is 1.67. The van der Waals surface area contributed by atoms with Crippen LogP contribution < -0.4 is 0 Å². The van der Waals surface area contributed by atoms with E-state index in [1.807, 2.05) is 6.07 Å². The summed E-state index contributed by atoms with van der Waals surface area (Å²) in [7, 11) is 2.05. The molecule has 14 heavy (non-hydrogen) atoms. The standard InChI is InChI=1S/C10H10ClN3/c1-14-3-2-8-9(6-14)13-5-7(4-12)10(8)11/h5H,2-3,6H2,1H3. The molecular formula is C10H10ClN3. The summed E-state index contributed by atoms with van der Waals surface area (Å²) in [4.78, 5) is 6.44. The van der Waals surface area contributed by atoms with E-state index in [9.17, 15) is 0 Å². The maximum atomic E-state index is 8.79. The number of nitrogens with zero attached hydrogens (tertiary/aromatic N) is 3. The maximum absolute atomic E-state index is 8.79. The highest BCUT2D eigenvalue weighted by molar-refractivity contribution is 6.32. The van der Waals surface area contributed by atoms with Crippen LogP contribution in [0.25, 0.3) is 0 Å². The lowest BCUT2D eigenvalue weighted by Gasteiger charge is -2.24. The molecule has 0 atom stereocenters. The van der Waals surface area contributed by atoms with Gasteiger partial charge in [-0.15, -0.1) is 0 Å². The average molecular weight is 208 g/mol. The van der Waals surface area contributed by atoms with Gasteiger partial charge in [-0.25, -0.2) is 0 Å². The first-order valence-electron chi connectivity index (χ1n) is 4.47. The summed E-state index contributed by atoms with van der Waals surface area (Å²) in [6, 6.07) is 2.05. The molecule has 0 bridgehead atoms. The van der Waals surface area contributed by atoms with Crippen molar-refractivity contribution in [2.45, 2.75) is 13.0 Å². The van der Waals surface area contributed by atoms with Gasteiger partial charge in [0.25, 0.3) is 0 Å². The zero-order valence-corrected chi connectivity index (χ0v) is 8.67. The van der Waals surface area contributed by atoms with Crippen molar-refractivity contribution in [2.24, 2.45) is 0 Å². The molecule has 0 aliphatic carbocycles. The predicted molar refractivity (Wildman–Crippen MR) is 54.0 cm³/mol. The van der Waals surface area contributed by atoms with Crippen LogP contribution in [-0.4, -0.2) is 23.5 Å². The summed E-state index contributed by atoms with van der Waals surface area (Å²) in [5, 5.41) is 9.38. The van der Waals surface area contributed by atoms with Gasteiger partial charge in [-0.05, 0) is 19.0 Å². The summed E-state index contributed by atoms with van der Waals surface area (Å²) in [5.74, 6) is 0. The SMILES string of the molecule is CN1CCc2c(ncc(C#N)c2Cl)C1. The van der Waals surface area contributed by atoms with Crippen molar-refractivity contribution in [3.05, 3.63) is 28.0 Å². The van der Waals surface area contributed by atoms with E-state index >= 15 is 0 Å². The molecule has 0 saturated heterocycles. The second-order valence-corrected chi connectivity index (χ2v) is 3.89. The molecule has 1 aliphatic heterocycles. The van der Waals surface area contributed by atoms with E-state index in [1.54, 1.807) is 6.20 Å². The topological polar surface area (TPSA) is 39.9 Å². The van der Waals surface area contributed by atoms with Crippen LogP contribution in [0.5, 0.6) is 0 Å². The van der Waals surface area contributed by atoms with E-state index < -0.39 is 0 Å². The molecule has 0 amide bonds. The van der Waals surface area contributed by atoms with Crippen molar-refractivity contribution in [2.75, 3.05) is 13.6 Å². The molecule has 0 fully saturated rings. The van der Waals surface area contributed by atoms with Crippen molar-refractivity contribution in [3.63, 3.8) is 0 Å². The van der Waals surface area contributed by atoms with E-state index in [2.05, 4.69) is 16.9 Å². The quantitative estimate of drug-likeness (QED) is 0.649. The first-order chi connectivity index (χ1) is 6.72. The second-order valence-electron chi connectivity index (χ2n) is 3.51. The first-order valence-corrected chi connectivity index (χ1v) is 4.85. The molecule has 0 aromatic carbocycles. The largest absolute Gasteiger partial charge is 0.300 e. The van der Waals surface area contributed by atoms with Crippen LogP contribution in [0.1, 0.15) is 16.8 Å². The van der Waals surface area contributed by atoms with Crippen LogP contribution in [0.3, 0.4) is 0 Å². The minimum atomic E-state index is 0.481. The van der Waals surface area contributed by atoms with E-state index in [1.165, 1.54) is 0 Å². The fourth-order valence-corrected chi connectivity index (χ4v) is 1.97. The molecule has 0 unspecified atom stereocenters. The van der Waals surface area contributed by atoms with Gasteiger partial charge in [-0.2, -0.15) is 5.26 Å². The van der Waals surface area contributed by atoms with Gasteiger partial charge in [0.15, 0.2) is 0 Å². The van der Waals surface area contributed by atoms with Gasteiger partial charge in [-0.3, -0.25) is 4.98 Å². The van der Waals surface area contributed by atoms with Gasteiger partial charge >= 0.3 is 0 Å². The zero-order chi connectivity index (χ0) is 10.1. The molecule has 3 nitrogen and oxygen atoms in total. The van der Waals surface area contributed by atoms with Crippen LogP contribution in [0, 0.1) is 11.3 Å². The highest BCUT2D eigenvalue weighted by atomic mass is 35.5. The average Bonchev–Trinajstić information content (AvgIpc) is 2.18. The minimum absolute atomic E-state index is 0.481. The Morgan fingerprint density at radius 1 is 1.64 bits per heavy atom. The van der Waals surface area contributed by atoms with Crippen LogP contribution in [0.2, 0.25) is 5.02 Å². The lowest BCUT2D eigenvalue weighted by molar-refractivity contribution is 0.307. The summed E-state index contributed by atoms with van der Waals surface area (Å²) >= 11 is 6.09. The summed E-state index contributed by atoms with van der Waals surface area (Å²) in [6.07, 6.45) is 2.44. The number of rotatable bonds is 0. The van der Waals surface area contributed by atoms with Gasteiger partial charge < -0.3 is 4.90 Å². The van der Waals surface area contributed by atoms with Crippen molar-refractivity contribution in [3.8, 4) is 6.07 Å². The number of hydrogen-bond acceptors (Lipinski definition) is 3.